The van der Waals surface area contributed by atoms with Gasteiger partial charge in [0.15, 0.2) is 0 Å². The van der Waals surface area contributed by atoms with E-state index in [1.54, 1.807) is 0 Å². The van der Waals surface area contributed by atoms with Crippen molar-refractivity contribution in [1.82, 2.24) is 5.32 Å². The average molecular weight is 301 g/mol. The molecule has 0 fully saturated rings. The fraction of sp³-hybridized carbons (Fsp3) is 0.385. The predicted molar refractivity (Wildman–Crippen MR) is 72.2 cm³/mol. The van der Waals surface area contributed by atoms with Gasteiger partial charge in [0.25, 0.3) is 5.69 Å². The molecule has 0 aliphatic carbocycles. The van der Waals surface area contributed by atoms with Crippen LogP contribution in [0.25, 0.3) is 0 Å². The van der Waals surface area contributed by atoms with Gasteiger partial charge in [0.05, 0.1) is 10.5 Å². The van der Waals surface area contributed by atoms with Crippen LogP contribution in [0, 0.1) is 10.1 Å². The number of nitrogens with zero attached hydrogens (tertiary/aromatic N) is 1. The number of anilines is 1. The Bertz CT molecular complexity index is 570. The van der Waals surface area contributed by atoms with Crippen LogP contribution in [0.3, 0.4) is 0 Å². The highest BCUT2D eigenvalue weighted by Gasteiger charge is 2.33. The van der Waals surface area contributed by atoms with Crippen LogP contribution in [-0.2, 0) is 6.18 Å². The number of halogens is 3. The molecule has 0 atom stereocenters. The van der Waals surface area contributed by atoms with E-state index in [2.05, 4.69) is 10.6 Å². The van der Waals surface area contributed by atoms with Crippen LogP contribution < -0.4 is 10.6 Å². The molecule has 0 saturated carbocycles. The van der Waals surface area contributed by atoms with Crippen molar-refractivity contribution in [3.8, 4) is 0 Å². The Morgan fingerprint density at radius 3 is 2.71 bits per heavy atom. The van der Waals surface area contributed by atoms with Crippen LogP contribution >= 0.6 is 0 Å². The average Bonchev–Trinajstić information content (AvgIpc) is 2.45. The molecule has 0 saturated heterocycles. The SMILES string of the molecule is O=[N+]([O-])c1cc(C(F)(F)F)ccc1NCC1=CCNCC1. The number of benzene rings is 1. The molecular weight excluding hydrogens is 287 g/mol. The van der Waals surface area contributed by atoms with Crippen LogP contribution in [0.5, 0.6) is 0 Å². The topological polar surface area (TPSA) is 67.2 Å². The number of rotatable bonds is 4. The highest BCUT2D eigenvalue weighted by Crippen LogP contribution is 2.35. The van der Waals surface area contributed by atoms with E-state index in [1.165, 1.54) is 0 Å². The van der Waals surface area contributed by atoms with E-state index >= 15 is 0 Å². The zero-order valence-electron chi connectivity index (χ0n) is 11.0. The first-order valence-corrected chi connectivity index (χ1v) is 6.36. The van der Waals surface area contributed by atoms with Crippen molar-refractivity contribution >= 4 is 11.4 Å². The van der Waals surface area contributed by atoms with Gasteiger partial charge in [-0.25, -0.2) is 0 Å². The van der Waals surface area contributed by atoms with E-state index in [0.29, 0.717) is 12.6 Å². The molecule has 1 aliphatic heterocycles. The molecule has 1 aliphatic rings. The maximum absolute atomic E-state index is 12.6. The van der Waals surface area contributed by atoms with Crippen molar-refractivity contribution < 1.29 is 18.1 Å². The lowest BCUT2D eigenvalue weighted by atomic mass is 10.1. The molecule has 1 aromatic rings. The monoisotopic (exact) mass is 301 g/mol. The first-order chi connectivity index (χ1) is 9.88. The Kier molecular flexibility index (Phi) is 4.46. The van der Waals surface area contributed by atoms with E-state index < -0.39 is 22.4 Å². The zero-order chi connectivity index (χ0) is 15.5. The van der Waals surface area contributed by atoms with E-state index in [1.807, 2.05) is 6.08 Å². The molecule has 0 amide bonds. The first-order valence-electron chi connectivity index (χ1n) is 6.36. The minimum Gasteiger partial charge on any atom is -0.376 e. The zero-order valence-corrected chi connectivity index (χ0v) is 11.0. The van der Waals surface area contributed by atoms with Crippen molar-refractivity contribution in [2.75, 3.05) is 25.0 Å². The smallest absolute Gasteiger partial charge is 0.376 e. The second kappa shape index (κ2) is 6.13. The van der Waals surface area contributed by atoms with Gasteiger partial charge >= 0.3 is 6.18 Å². The molecule has 0 radical (unpaired) electrons. The van der Waals surface area contributed by atoms with Crippen LogP contribution in [-0.4, -0.2) is 24.6 Å². The summed E-state index contributed by atoms with van der Waals surface area (Å²) in [6.45, 7) is 1.93. The second-order valence-electron chi connectivity index (χ2n) is 4.66. The van der Waals surface area contributed by atoms with E-state index in [-0.39, 0.29) is 5.69 Å². The molecule has 1 aromatic carbocycles. The number of nitrogens with one attached hydrogen (secondary N) is 2. The molecule has 0 bridgehead atoms. The summed E-state index contributed by atoms with van der Waals surface area (Å²) in [7, 11) is 0. The number of hydrogen-bond donors (Lipinski definition) is 2. The third kappa shape index (κ3) is 3.94. The van der Waals surface area contributed by atoms with Crippen molar-refractivity contribution in [1.29, 1.82) is 0 Å². The third-order valence-corrected chi connectivity index (χ3v) is 3.19. The highest BCUT2D eigenvalue weighted by atomic mass is 19.4. The van der Waals surface area contributed by atoms with Crippen LogP contribution in [0.1, 0.15) is 12.0 Å². The number of hydrogen-bond acceptors (Lipinski definition) is 4. The van der Waals surface area contributed by atoms with Crippen molar-refractivity contribution in [2.45, 2.75) is 12.6 Å². The van der Waals surface area contributed by atoms with Crippen molar-refractivity contribution in [3.05, 3.63) is 45.5 Å². The Labute approximate surface area is 119 Å². The molecular formula is C13H14F3N3O2. The van der Waals surface area contributed by atoms with Gasteiger partial charge in [-0.2, -0.15) is 13.2 Å². The minimum atomic E-state index is -4.60. The summed E-state index contributed by atoms with van der Waals surface area (Å²) in [5.41, 5.74) is -0.435. The molecule has 8 heteroatoms. The fourth-order valence-electron chi connectivity index (χ4n) is 2.05. The maximum atomic E-state index is 12.6. The minimum absolute atomic E-state index is 0.0902. The van der Waals surface area contributed by atoms with E-state index in [4.69, 9.17) is 0 Å². The number of nitro benzene ring substituents is 1. The summed E-state index contributed by atoms with van der Waals surface area (Å²) in [4.78, 5) is 10.1. The highest BCUT2D eigenvalue weighted by molar-refractivity contribution is 5.63. The van der Waals surface area contributed by atoms with Crippen molar-refractivity contribution in [2.24, 2.45) is 0 Å². The third-order valence-electron chi connectivity index (χ3n) is 3.19. The number of alkyl halides is 3. The van der Waals surface area contributed by atoms with Gasteiger partial charge in [-0.1, -0.05) is 11.6 Å². The van der Waals surface area contributed by atoms with Crippen molar-refractivity contribution in [3.63, 3.8) is 0 Å². The second-order valence-corrected chi connectivity index (χ2v) is 4.66. The molecule has 0 aromatic heterocycles. The molecule has 0 spiro atoms. The van der Waals surface area contributed by atoms with Gasteiger partial charge in [0.1, 0.15) is 5.69 Å². The Morgan fingerprint density at radius 2 is 2.14 bits per heavy atom. The van der Waals surface area contributed by atoms with Gasteiger partial charge in [-0.15, -0.1) is 0 Å². The van der Waals surface area contributed by atoms with Crippen LogP contribution in [0.15, 0.2) is 29.8 Å². The molecule has 0 unspecified atom stereocenters. The normalized spacial score (nSPS) is 15.5. The summed E-state index contributed by atoms with van der Waals surface area (Å²) < 4.78 is 37.7. The van der Waals surface area contributed by atoms with Crippen LogP contribution in [0.2, 0.25) is 0 Å². The predicted octanol–water partition coefficient (Wildman–Crippen LogP) is 2.95. The van der Waals surface area contributed by atoms with Gasteiger partial charge in [-0.3, -0.25) is 10.1 Å². The lowest BCUT2D eigenvalue weighted by molar-refractivity contribution is -0.384. The van der Waals surface area contributed by atoms with Gasteiger partial charge in [-0.05, 0) is 25.1 Å². The van der Waals surface area contributed by atoms with Gasteiger partial charge < -0.3 is 10.6 Å². The summed E-state index contributed by atoms with van der Waals surface area (Å²) in [5.74, 6) is 0. The van der Waals surface area contributed by atoms with E-state index in [9.17, 15) is 23.3 Å². The summed E-state index contributed by atoms with van der Waals surface area (Å²) >= 11 is 0. The van der Waals surface area contributed by atoms with Crippen LogP contribution in [0.4, 0.5) is 24.5 Å². The lowest BCUT2D eigenvalue weighted by Crippen LogP contribution is -2.23. The van der Waals surface area contributed by atoms with Gasteiger partial charge in [0, 0.05) is 19.2 Å². The Hall–Kier alpha value is -2.09. The summed E-state index contributed by atoms with van der Waals surface area (Å²) in [6.07, 6.45) is -1.82. The Morgan fingerprint density at radius 1 is 1.38 bits per heavy atom. The molecule has 2 N–H and O–H groups in total. The summed E-state index contributed by atoms with van der Waals surface area (Å²) in [6, 6.07) is 2.49. The maximum Gasteiger partial charge on any atom is 0.416 e. The molecule has 5 nitrogen and oxygen atoms in total. The standard InChI is InChI=1S/C13H14F3N3O2/c14-13(15,16)10-1-2-11(12(7-10)19(20)21)18-8-9-3-5-17-6-4-9/h1-3,7,17-18H,4-6,8H2. The first kappa shape index (κ1) is 15.3. The quantitative estimate of drug-likeness (QED) is 0.510. The largest absolute Gasteiger partial charge is 0.416 e. The molecule has 114 valence electrons. The fourth-order valence-corrected chi connectivity index (χ4v) is 2.05. The number of nitro groups is 1. The van der Waals surface area contributed by atoms with Gasteiger partial charge in [0.2, 0.25) is 0 Å². The molecule has 21 heavy (non-hydrogen) atoms. The van der Waals surface area contributed by atoms with E-state index in [0.717, 1.165) is 37.2 Å². The Balaban J connectivity index is 2.18. The molecule has 1 heterocycles. The summed E-state index contributed by atoms with van der Waals surface area (Å²) in [5, 5.41) is 16.9. The lowest BCUT2D eigenvalue weighted by Gasteiger charge is -2.15. The molecule has 2 rings (SSSR count).